The number of carbonyl (C=O) groups excluding carboxylic acids is 1. The summed E-state index contributed by atoms with van der Waals surface area (Å²) in [6.07, 6.45) is 4.34. The van der Waals surface area contributed by atoms with Crippen LogP contribution >= 0.6 is 46.7 Å². The molecule has 1 aromatic carbocycles. The van der Waals surface area contributed by atoms with Crippen LogP contribution in [0.2, 0.25) is 5.02 Å². The Balaban J connectivity index is 0.00000261. The molecule has 0 fully saturated rings. The number of amides is 1. The van der Waals surface area contributed by atoms with Crippen LogP contribution in [0.1, 0.15) is 11.3 Å². The molecule has 2 aromatic heterocycles. The maximum Gasteiger partial charge on any atom is 0.252 e. The second kappa shape index (κ2) is 10.2. The molecule has 144 valence electrons. The highest BCUT2D eigenvalue weighted by atomic mass is 35.5. The number of thiazole rings is 1. The molecule has 27 heavy (non-hydrogen) atoms. The van der Waals surface area contributed by atoms with Crippen molar-refractivity contribution in [2.45, 2.75) is 6.42 Å². The van der Waals surface area contributed by atoms with Gasteiger partial charge in [-0.1, -0.05) is 35.1 Å². The van der Waals surface area contributed by atoms with Crippen molar-refractivity contribution in [3.63, 3.8) is 0 Å². The fourth-order valence-corrected chi connectivity index (χ4v) is 4.41. The van der Waals surface area contributed by atoms with E-state index >= 15 is 0 Å². The minimum absolute atomic E-state index is 0. The number of carbonyl (C=O) groups is 1. The van der Waals surface area contributed by atoms with Crippen LogP contribution in [-0.2, 0) is 4.79 Å². The molecule has 0 saturated heterocycles. The van der Waals surface area contributed by atoms with Gasteiger partial charge in [0.25, 0.3) is 5.91 Å². The number of thiophene rings is 1. The number of benzene rings is 1. The van der Waals surface area contributed by atoms with Crippen molar-refractivity contribution in [1.29, 1.82) is 0 Å². The van der Waals surface area contributed by atoms with Gasteiger partial charge in [-0.3, -0.25) is 9.69 Å². The van der Waals surface area contributed by atoms with Crippen LogP contribution in [0.3, 0.4) is 0 Å². The maximum absolute atomic E-state index is 12.8. The molecule has 0 aliphatic heterocycles. The molecule has 2 heterocycles. The third kappa shape index (κ3) is 5.77. The number of nitrogens with zero attached hydrogens (tertiary/aromatic N) is 3. The van der Waals surface area contributed by atoms with Gasteiger partial charge in [0.05, 0.1) is 9.72 Å². The number of anilines is 1. The van der Waals surface area contributed by atoms with E-state index in [9.17, 15) is 4.79 Å². The Labute approximate surface area is 178 Å². The Kier molecular flexibility index (Phi) is 8.26. The van der Waals surface area contributed by atoms with Crippen molar-refractivity contribution >= 4 is 74.0 Å². The lowest BCUT2D eigenvalue weighted by Gasteiger charge is -2.19. The first-order chi connectivity index (χ1) is 12.5. The Morgan fingerprint density at radius 3 is 2.70 bits per heavy atom. The van der Waals surface area contributed by atoms with Crippen LogP contribution in [0, 0.1) is 0 Å². The average molecular weight is 442 g/mol. The number of para-hydroxylation sites is 1. The molecule has 0 unspecified atom stereocenters. The Morgan fingerprint density at radius 2 is 2.04 bits per heavy atom. The Morgan fingerprint density at radius 1 is 1.22 bits per heavy atom. The van der Waals surface area contributed by atoms with Crippen molar-refractivity contribution < 1.29 is 4.79 Å². The SMILES string of the molecule is CN(C)CCCN(C(=O)C=Cc1cccs1)c1nc2c(Cl)cccc2s1.Cl. The molecule has 8 heteroatoms. The number of fused-ring (bicyclic) bond motifs is 1. The van der Waals surface area contributed by atoms with Crippen molar-refractivity contribution in [1.82, 2.24) is 9.88 Å². The van der Waals surface area contributed by atoms with Crippen LogP contribution < -0.4 is 4.90 Å². The first-order valence-electron chi connectivity index (χ1n) is 8.27. The van der Waals surface area contributed by atoms with Gasteiger partial charge in [-0.2, -0.15) is 0 Å². The lowest BCUT2D eigenvalue weighted by molar-refractivity contribution is -0.114. The predicted molar refractivity (Wildman–Crippen MR) is 121 cm³/mol. The minimum Gasteiger partial charge on any atom is -0.309 e. The van der Waals surface area contributed by atoms with Crippen molar-refractivity contribution in [3.8, 4) is 0 Å². The molecule has 0 aliphatic carbocycles. The molecule has 3 rings (SSSR count). The molecule has 1 amide bonds. The molecular weight excluding hydrogens is 421 g/mol. The van der Waals surface area contributed by atoms with E-state index in [-0.39, 0.29) is 18.3 Å². The van der Waals surface area contributed by atoms with E-state index in [0.717, 1.165) is 28.1 Å². The molecule has 0 bridgehead atoms. The number of rotatable bonds is 7. The van der Waals surface area contributed by atoms with E-state index < -0.39 is 0 Å². The van der Waals surface area contributed by atoms with E-state index in [2.05, 4.69) is 9.88 Å². The van der Waals surface area contributed by atoms with Gasteiger partial charge in [0.2, 0.25) is 0 Å². The Hall–Kier alpha value is -1.44. The summed E-state index contributed by atoms with van der Waals surface area (Å²) < 4.78 is 0.986. The van der Waals surface area contributed by atoms with E-state index in [1.54, 1.807) is 22.3 Å². The quantitative estimate of drug-likeness (QED) is 0.458. The molecule has 4 nitrogen and oxygen atoms in total. The summed E-state index contributed by atoms with van der Waals surface area (Å²) >= 11 is 9.35. The highest BCUT2D eigenvalue weighted by Crippen LogP contribution is 2.33. The molecule has 0 atom stereocenters. The molecule has 3 aromatic rings. The van der Waals surface area contributed by atoms with Gasteiger partial charge in [0.15, 0.2) is 5.13 Å². The van der Waals surface area contributed by atoms with Crippen molar-refractivity contribution in [2.24, 2.45) is 0 Å². The van der Waals surface area contributed by atoms with Crippen LogP contribution in [-0.4, -0.2) is 43.0 Å². The molecule has 0 radical (unpaired) electrons. The summed E-state index contributed by atoms with van der Waals surface area (Å²) in [5, 5.41) is 3.29. The van der Waals surface area contributed by atoms with E-state index in [4.69, 9.17) is 11.6 Å². The fourth-order valence-electron chi connectivity index (χ4n) is 2.49. The molecule has 0 N–H and O–H groups in total. The second-order valence-corrected chi connectivity index (χ2v) is 8.47. The first kappa shape index (κ1) is 21.9. The lowest BCUT2D eigenvalue weighted by atomic mass is 10.3. The zero-order chi connectivity index (χ0) is 18.5. The van der Waals surface area contributed by atoms with E-state index in [1.807, 2.05) is 55.9 Å². The zero-order valence-corrected chi connectivity index (χ0v) is 18.3. The molecular formula is C19H21Cl2N3OS2. The van der Waals surface area contributed by atoms with Gasteiger partial charge >= 0.3 is 0 Å². The molecule has 0 aliphatic rings. The lowest BCUT2D eigenvalue weighted by Crippen LogP contribution is -2.32. The standard InChI is InChI=1S/C19H20ClN3OS2.ClH/c1-22(2)11-5-12-23(17(24)10-9-14-6-4-13-25-14)19-21-18-15(20)7-3-8-16(18)26-19;/h3-4,6-10,13H,5,11-12H2,1-2H3;1H. The average Bonchev–Trinajstić information content (AvgIpc) is 3.26. The van der Waals surface area contributed by atoms with Gasteiger partial charge in [0, 0.05) is 17.5 Å². The highest BCUT2D eigenvalue weighted by molar-refractivity contribution is 7.22. The summed E-state index contributed by atoms with van der Waals surface area (Å²) in [5.74, 6) is -0.0627. The number of halogens is 2. The normalized spacial score (nSPS) is 11.3. The number of aromatic nitrogens is 1. The molecule has 0 spiro atoms. The third-order valence-corrected chi connectivity index (χ3v) is 5.96. The second-order valence-electron chi connectivity index (χ2n) is 6.08. The summed E-state index contributed by atoms with van der Waals surface area (Å²) in [6.45, 7) is 1.52. The van der Waals surface area contributed by atoms with Gasteiger partial charge in [-0.05, 0) is 56.7 Å². The third-order valence-electron chi connectivity index (χ3n) is 3.78. The topological polar surface area (TPSA) is 36.4 Å². The summed E-state index contributed by atoms with van der Waals surface area (Å²) in [7, 11) is 4.06. The monoisotopic (exact) mass is 441 g/mol. The van der Waals surface area contributed by atoms with Crippen LogP contribution in [0.25, 0.3) is 16.3 Å². The Bertz CT molecular complexity index is 907. The molecule has 0 saturated carbocycles. The number of hydrogen-bond acceptors (Lipinski definition) is 5. The van der Waals surface area contributed by atoms with Gasteiger partial charge in [-0.25, -0.2) is 4.98 Å². The zero-order valence-electron chi connectivity index (χ0n) is 15.1. The summed E-state index contributed by atoms with van der Waals surface area (Å²) in [4.78, 5) is 22.4. The highest BCUT2D eigenvalue weighted by Gasteiger charge is 2.18. The van der Waals surface area contributed by atoms with E-state index in [0.29, 0.717) is 16.7 Å². The minimum atomic E-state index is -0.0627. The van der Waals surface area contributed by atoms with Crippen LogP contribution in [0.4, 0.5) is 5.13 Å². The number of hydrogen-bond donors (Lipinski definition) is 0. The predicted octanol–water partition coefficient (Wildman–Crippen LogP) is 5.43. The summed E-state index contributed by atoms with van der Waals surface area (Å²) in [6, 6.07) is 9.66. The van der Waals surface area contributed by atoms with Crippen molar-refractivity contribution in [3.05, 3.63) is 51.7 Å². The fraction of sp³-hybridized carbons (Fsp3) is 0.263. The van der Waals surface area contributed by atoms with E-state index in [1.165, 1.54) is 11.3 Å². The van der Waals surface area contributed by atoms with Crippen LogP contribution in [0.15, 0.2) is 41.8 Å². The van der Waals surface area contributed by atoms with Gasteiger partial charge in [-0.15, -0.1) is 23.7 Å². The van der Waals surface area contributed by atoms with Gasteiger partial charge in [0.1, 0.15) is 5.52 Å². The van der Waals surface area contributed by atoms with Gasteiger partial charge < -0.3 is 4.90 Å². The first-order valence-corrected chi connectivity index (χ1v) is 10.3. The summed E-state index contributed by atoms with van der Waals surface area (Å²) in [5.41, 5.74) is 0.752. The van der Waals surface area contributed by atoms with Crippen molar-refractivity contribution in [2.75, 3.05) is 32.1 Å². The largest absolute Gasteiger partial charge is 0.309 e. The maximum atomic E-state index is 12.8. The smallest absolute Gasteiger partial charge is 0.252 e. The van der Waals surface area contributed by atoms with Crippen LogP contribution in [0.5, 0.6) is 0 Å².